The summed E-state index contributed by atoms with van der Waals surface area (Å²) in [7, 11) is 0. The van der Waals surface area contributed by atoms with Crippen LogP contribution >= 0.6 is 23.3 Å². The molecule has 2 aromatic carbocycles. The van der Waals surface area contributed by atoms with Gasteiger partial charge in [-0.15, -0.1) is 0 Å². The van der Waals surface area contributed by atoms with Gasteiger partial charge in [0.05, 0.1) is 23.8 Å². The topological polar surface area (TPSA) is 98.2 Å². The van der Waals surface area contributed by atoms with E-state index in [0.717, 1.165) is 11.7 Å². The van der Waals surface area contributed by atoms with Gasteiger partial charge in [0.2, 0.25) is 0 Å². The fourth-order valence-electron chi connectivity index (χ4n) is 2.31. The number of fused-ring (bicyclic) bond motifs is 1. The molecule has 0 bridgehead atoms. The van der Waals surface area contributed by atoms with E-state index in [1.165, 1.54) is 0 Å². The first-order chi connectivity index (χ1) is 13.0. The number of nitrogens with one attached hydrogen (secondary N) is 1. The van der Waals surface area contributed by atoms with Gasteiger partial charge in [0.1, 0.15) is 11.0 Å². The van der Waals surface area contributed by atoms with Crippen LogP contribution in [0.1, 0.15) is 23.2 Å². The molecule has 1 aromatic heterocycles. The lowest BCUT2D eigenvalue weighted by atomic mass is 10.1. The van der Waals surface area contributed by atoms with E-state index in [1.807, 2.05) is 0 Å². The quantitative estimate of drug-likeness (QED) is 0.479. The number of nitrogens with zero attached hydrogens (tertiary/aromatic N) is 2. The first-order valence-electron chi connectivity index (χ1n) is 7.98. The normalized spacial score (nSPS) is 10.6. The summed E-state index contributed by atoms with van der Waals surface area (Å²) >= 11 is 6.81. The van der Waals surface area contributed by atoms with Crippen LogP contribution in [0.15, 0.2) is 42.5 Å². The number of halogens is 1. The van der Waals surface area contributed by atoms with E-state index in [4.69, 9.17) is 16.3 Å². The molecule has 138 valence electrons. The van der Waals surface area contributed by atoms with Crippen molar-refractivity contribution in [3.63, 3.8) is 0 Å². The largest absolute Gasteiger partial charge is 0.456 e. The van der Waals surface area contributed by atoms with Crippen molar-refractivity contribution in [3.8, 4) is 0 Å². The van der Waals surface area contributed by atoms with E-state index in [0.29, 0.717) is 27.3 Å². The van der Waals surface area contributed by atoms with Crippen molar-refractivity contribution >= 4 is 57.7 Å². The van der Waals surface area contributed by atoms with E-state index in [9.17, 15) is 14.4 Å². The van der Waals surface area contributed by atoms with E-state index in [-0.39, 0.29) is 18.6 Å². The summed E-state index contributed by atoms with van der Waals surface area (Å²) in [5.41, 5.74) is 2.22. The second-order valence-electron chi connectivity index (χ2n) is 5.58. The molecular weight excluding hydrogens is 390 g/mol. The third kappa shape index (κ3) is 5.08. The molecule has 0 aliphatic heterocycles. The number of carbonyl (C=O) groups excluding carboxylic acids is 3. The zero-order valence-electron chi connectivity index (χ0n) is 14.0. The summed E-state index contributed by atoms with van der Waals surface area (Å²) < 4.78 is 13.1. The van der Waals surface area contributed by atoms with Crippen molar-refractivity contribution in [2.24, 2.45) is 0 Å². The van der Waals surface area contributed by atoms with Gasteiger partial charge in [-0.3, -0.25) is 14.4 Å². The Hall–Kier alpha value is -2.84. The van der Waals surface area contributed by atoms with Crippen LogP contribution in [0.2, 0.25) is 5.02 Å². The molecule has 0 spiro atoms. The van der Waals surface area contributed by atoms with Crippen LogP contribution < -0.4 is 5.32 Å². The Bertz CT molecular complexity index is 988. The third-order valence-electron chi connectivity index (χ3n) is 3.65. The maximum absolute atomic E-state index is 12.0. The van der Waals surface area contributed by atoms with Crippen LogP contribution in [-0.4, -0.2) is 33.0 Å². The van der Waals surface area contributed by atoms with Gasteiger partial charge in [-0.25, -0.2) is 0 Å². The minimum absolute atomic E-state index is 0.00805. The molecule has 3 aromatic rings. The van der Waals surface area contributed by atoms with Crippen LogP contribution in [-0.2, 0) is 14.3 Å². The Balaban J connectivity index is 1.44. The highest BCUT2D eigenvalue weighted by atomic mass is 35.5. The third-order valence-corrected chi connectivity index (χ3v) is 4.44. The number of Topliss-reactive ketones (excluding diaryl/α,β-unsaturated/α-hetero) is 1. The minimum atomic E-state index is -0.624. The SMILES string of the molecule is O=C(COC(=O)CCC(=O)c1ccc(Cl)cc1)Nc1cccc2nsnc12. The molecule has 27 heavy (non-hydrogen) atoms. The number of ketones is 1. The minimum Gasteiger partial charge on any atom is -0.456 e. The molecule has 0 fully saturated rings. The zero-order valence-corrected chi connectivity index (χ0v) is 15.5. The van der Waals surface area contributed by atoms with Crippen LogP contribution in [0.25, 0.3) is 11.0 Å². The summed E-state index contributed by atoms with van der Waals surface area (Å²) in [6.45, 7) is -0.443. The lowest BCUT2D eigenvalue weighted by Crippen LogP contribution is -2.21. The van der Waals surface area contributed by atoms with Gasteiger partial charge in [0.25, 0.3) is 5.91 Å². The van der Waals surface area contributed by atoms with Crippen molar-refractivity contribution in [3.05, 3.63) is 53.1 Å². The van der Waals surface area contributed by atoms with Crippen LogP contribution in [0.4, 0.5) is 5.69 Å². The lowest BCUT2D eigenvalue weighted by Gasteiger charge is -2.07. The summed E-state index contributed by atoms with van der Waals surface area (Å²) in [6.07, 6.45) is -0.119. The van der Waals surface area contributed by atoms with Crippen molar-refractivity contribution in [1.82, 2.24) is 8.75 Å². The molecule has 0 radical (unpaired) electrons. The Morgan fingerprint density at radius 1 is 1.04 bits per heavy atom. The van der Waals surface area contributed by atoms with Gasteiger partial charge < -0.3 is 10.1 Å². The second-order valence-corrected chi connectivity index (χ2v) is 6.54. The van der Waals surface area contributed by atoms with E-state index >= 15 is 0 Å². The highest BCUT2D eigenvalue weighted by Gasteiger charge is 2.13. The van der Waals surface area contributed by atoms with Gasteiger partial charge >= 0.3 is 5.97 Å². The Kier molecular flexibility index (Phi) is 6.10. The number of amides is 1. The smallest absolute Gasteiger partial charge is 0.306 e. The number of esters is 1. The molecule has 7 nitrogen and oxygen atoms in total. The van der Waals surface area contributed by atoms with Crippen molar-refractivity contribution < 1.29 is 19.1 Å². The molecule has 0 aliphatic carbocycles. The Labute approximate surface area is 163 Å². The molecular formula is C18H14ClN3O4S. The van der Waals surface area contributed by atoms with Gasteiger partial charge in [-0.2, -0.15) is 8.75 Å². The number of anilines is 1. The highest BCUT2D eigenvalue weighted by molar-refractivity contribution is 7.00. The molecule has 9 heteroatoms. The predicted molar refractivity (Wildman–Crippen MR) is 102 cm³/mol. The second kappa shape index (κ2) is 8.70. The molecule has 1 amide bonds. The van der Waals surface area contributed by atoms with Crippen molar-refractivity contribution in [2.45, 2.75) is 12.8 Å². The highest BCUT2D eigenvalue weighted by Crippen LogP contribution is 2.21. The standard InChI is InChI=1S/C18H14ClN3O4S/c19-12-6-4-11(5-7-12)15(23)8-9-17(25)26-10-16(24)20-13-2-1-3-14-18(13)22-27-21-14/h1-7H,8-10H2,(H,20,24). The molecule has 1 heterocycles. The number of hydrogen-bond acceptors (Lipinski definition) is 7. The lowest BCUT2D eigenvalue weighted by molar-refractivity contribution is -0.147. The average molecular weight is 404 g/mol. The summed E-state index contributed by atoms with van der Waals surface area (Å²) in [5.74, 6) is -1.32. The Morgan fingerprint density at radius 3 is 2.59 bits per heavy atom. The first-order valence-corrected chi connectivity index (χ1v) is 9.09. The maximum Gasteiger partial charge on any atom is 0.306 e. The molecule has 1 N–H and O–H groups in total. The molecule has 0 saturated heterocycles. The number of ether oxygens (including phenoxy) is 1. The van der Waals surface area contributed by atoms with E-state index < -0.39 is 18.5 Å². The van der Waals surface area contributed by atoms with E-state index in [1.54, 1.807) is 42.5 Å². The fourth-order valence-corrected chi connectivity index (χ4v) is 2.98. The van der Waals surface area contributed by atoms with Gasteiger partial charge in [0, 0.05) is 17.0 Å². The first kappa shape index (κ1) is 18.9. The fraction of sp³-hybridized carbons (Fsp3) is 0.167. The van der Waals surface area contributed by atoms with Gasteiger partial charge in [0.15, 0.2) is 12.4 Å². The summed E-state index contributed by atoms with van der Waals surface area (Å²) in [4.78, 5) is 35.7. The van der Waals surface area contributed by atoms with Crippen LogP contribution in [0.3, 0.4) is 0 Å². The number of benzene rings is 2. The van der Waals surface area contributed by atoms with Gasteiger partial charge in [-0.05, 0) is 36.4 Å². The predicted octanol–water partition coefficient (Wildman–Crippen LogP) is 3.49. The molecule has 0 unspecified atom stereocenters. The summed E-state index contributed by atoms with van der Waals surface area (Å²) in [5, 5.41) is 3.16. The van der Waals surface area contributed by atoms with Gasteiger partial charge in [-0.1, -0.05) is 17.7 Å². The molecule has 3 rings (SSSR count). The monoisotopic (exact) mass is 403 g/mol. The summed E-state index contributed by atoms with van der Waals surface area (Å²) in [6, 6.07) is 11.6. The van der Waals surface area contributed by atoms with Crippen molar-refractivity contribution in [1.29, 1.82) is 0 Å². The average Bonchev–Trinajstić information content (AvgIpc) is 3.15. The molecule has 0 atom stereocenters. The number of hydrogen-bond donors (Lipinski definition) is 1. The number of aromatic nitrogens is 2. The number of rotatable bonds is 7. The molecule has 0 saturated carbocycles. The number of carbonyl (C=O) groups is 3. The van der Waals surface area contributed by atoms with Crippen LogP contribution in [0, 0.1) is 0 Å². The van der Waals surface area contributed by atoms with Crippen LogP contribution in [0.5, 0.6) is 0 Å². The van der Waals surface area contributed by atoms with Crippen molar-refractivity contribution in [2.75, 3.05) is 11.9 Å². The zero-order chi connectivity index (χ0) is 19.2. The Morgan fingerprint density at radius 2 is 1.81 bits per heavy atom. The molecule has 0 aliphatic rings. The van der Waals surface area contributed by atoms with E-state index in [2.05, 4.69) is 14.1 Å². The maximum atomic E-state index is 12.0.